The van der Waals surface area contributed by atoms with Gasteiger partial charge in [0.25, 0.3) is 0 Å². The Hall–Kier alpha value is -2.37. The van der Waals surface area contributed by atoms with Gasteiger partial charge in [-0.2, -0.15) is 17.6 Å². The van der Waals surface area contributed by atoms with Gasteiger partial charge in [0.1, 0.15) is 4.75 Å². The van der Waals surface area contributed by atoms with Gasteiger partial charge in [-0.3, -0.25) is 0 Å². The van der Waals surface area contributed by atoms with Gasteiger partial charge in [0.15, 0.2) is 11.7 Å². The predicted molar refractivity (Wildman–Crippen MR) is 128 cm³/mol. The summed E-state index contributed by atoms with van der Waals surface area (Å²) < 4.78 is 70.3. The molecular weight excluding hydrogens is 482 g/mol. The molecule has 0 N–H and O–H groups in total. The quantitative estimate of drug-likeness (QED) is 0.333. The molecule has 190 valence electrons. The van der Waals surface area contributed by atoms with Crippen LogP contribution in [0.15, 0.2) is 36.5 Å². The summed E-state index contributed by atoms with van der Waals surface area (Å²) in [6.45, 7) is 9.62. The largest absolute Gasteiger partial charge is 0.597 e. The van der Waals surface area contributed by atoms with E-state index in [-0.39, 0.29) is 11.0 Å². The number of hydrogen-bond donors (Lipinski definition) is 0. The van der Waals surface area contributed by atoms with Gasteiger partial charge in [0.05, 0.1) is 17.6 Å². The highest BCUT2D eigenvalue weighted by Gasteiger charge is 2.50. The van der Waals surface area contributed by atoms with Crippen LogP contribution in [0, 0.1) is 5.95 Å². The molecule has 6 nitrogen and oxygen atoms in total. The van der Waals surface area contributed by atoms with Crippen LogP contribution in [0.2, 0.25) is 0 Å². The average molecular weight is 512 g/mol. The molecule has 35 heavy (non-hydrogen) atoms. The highest BCUT2D eigenvalue weighted by Crippen LogP contribution is 2.44. The molecule has 0 bridgehead atoms. The topological polar surface area (TPSA) is 59.7 Å². The second-order valence-corrected chi connectivity index (χ2v) is 12.8. The minimum atomic E-state index is -4.61. The Morgan fingerprint density at radius 2 is 1.77 bits per heavy atom. The number of fused-ring (bicyclic) bond motifs is 3. The molecule has 0 radical (unpaired) electrons. The van der Waals surface area contributed by atoms with Gasteiger partial charge in [0, 0.05) is 42.1 Å². The maximum Gasteiger partial charge on any atom is 0.412 e. The van der Waals surface area contributed by atoms with Crippen LogP contribution < -0.4 is 4.90 Å². The van der Waals surface area contributed by atoms with Crippen molar-refractivity contribution in [3.8, 4) is 0 Å². The van der Waals surface area contributed by atoms with Crippen molar-refractivity contribution in [2.75, 3.05) is 18.5 Å². The van der Waals surface area contributed by atoms with Crippen molar-refractivity contribution in [1.29, 1.82) is 0 Å². The van der Waals surface area contributed by atoms with Crippen LogP contribution in [0.1, 0.15) is 58.3 Å². The van der Waals surface area contributed by atoms with E-state index in [0.717, 1.165) is 22.1 Å². The third kappa shape index (κ3) is 4.73. The number of anilines is 2. The summed E-state index contributed by atoms with van der Waals surface area (Å²) in [6, 6.07) is 5.33. The van der Waals surface area contributed by atoms with Gasteiger partial charge >= 0.3 is 6.18 Å². The predicted octanol–water partition coefficient (Wildman–Crippen LogP) is 5.69. The van der Waals surface area contributed by atoms with Crippen molar-refractivity contribution < 1.29 is 22.1 Å². The molecule has 0 saturated carbocycles. The number of nitrogens with zero attached hydrogens (tertiary/aromatic N) is 5. The van der Waals surface area contributed by atoms with E-state index < -0.39 is 34.3 Å². The third-order valence-corrected chi connectivity index (χ3v) is 8.09. The number of benzene rings is 1. The van der Waals surface area contributed by atoms with Gasteiger partial charge < -0.3 is 9.45 Å². The highest BCUT2D eigenvalue weighted by atomic mass is 32.2. The Kier molecular flexibility index (Phi) is 6.34. The summed E-state index contributed by atoms with van der Waals surface area (Å²) in [6.07, 6.45) is -2.24. The van der Waals surface area contributed by atoms with E-state index in [2.05, 4.69) is 10.1 Å². The van der Waals surface area contributed by atoms with E-state index in [4.69, 9.17) is 0 Å². The fraction of sp³-hybridized carbons (Fsp3) is 0.500. The molecule has 0 spiro atoms. The van der Waals surface area contributed by atoms with Crippen LogP contribution in [0.5, 0.6) is 0 Å². The molecule has 1 aromatic carbocycles. The normalized spacial score (nSPS) is 18.1. The molecule has 4 rings (SSSR count). The molecule has 3 aromatic rings. The van der Waals surface area contributed by atoms with E-state index in [1.54, 1.807) is 39.1 Å². The van der Waals surface area contributed by atoms with Crippen molar-refractivity contribution in [2.45, 2.75) is 63.4 Å². The van der Waals surface area contributed by atoms with Crippen LogP contribution in [0.3, 0.4) is 0 Å². The fourth-order valence-electron chi connectivity index (χ4n) is 4.60. The van der Waals surface area contributed by atoms with Gasteiger partial charge in [-0.25, -0.2) is 9.50 Å². The summed E-state index contributed by atoms with van der Waals surface area (Å²) in [4.78, 5) is 6.28. The van der Waals surface area contributed by atoms with Gasteiger partial charge in [0.2, 0.25) is 5.95 Å². The summed E-state index contributed by atoms with van der Waals surface area (Å²) >= 11 is -1.86. The summed E-state index contributed by atoms with van der Waals surface area (Å²) in [5, 5.41) is 3.97. The van der Waals surface area contributed by atoms with Gasteiger partial charge in [-0.05, 0) is 44.9 Å². The van der Waals surface area contributed by atoms with Crippen molar-refractivity contribution in [3.63, 3.8) is 0 Å². The van der Waals surface area contributed by atoms with E-state index in [1.165, 1.54) is 29.8 Å². The summed E-state index contributed by atoms with van der Waals surface area (Å²) in [5.74, 6) is -0.627. The first-order chi connectivity index (χ1) is 16.1. The Bertz CT molecular complexity index is 1220. The number of alkyl halides is 3. The highest BCUT2D eigenvalue weighted by molar-refractivity contribution is 7.90. The van der Waals surface area contributed by atoms with Crippen LogP contribution in [0.25, 0.3) is 5.65 Å². The number of rotatable bonds is 4. The van der Waals surface area contributed by atoms with Crippen LogP contribution in [0.4, 0.5) is 28.9 Å². The maximum atomic E-state index is 14.1. The molecule has 2 atom stereocenters. The molecule has 2 aromatic heterocycles. The van der Waals surface area contributed by atoms with Crippen molar-refractivity contribution >= 4 is 28.4 Å². The van der Waals surface area contributed by atoms with Gasteiger partial charge in [-0.1, -0.05) is 26.0 Å². The second kappa shape index (κ2) is 8.63. The second-order valence-electron chi connectivity index (χ2n) is 10.5. The number of halogens is 4. The lowest BCUT2D eigenvalue weighted by molar-refractivity contribution is -0.171. The first-order valence-corrected chi connectivity index (χ1v) is 12.4. The SMILES string of the molecule is CN([C@@H](c1ccc(N2CCC(C)(C)c3c2cnc2cc(F)nn32)cc1)C(F)(F)F)[S@+]([O-])C(C)(C)C. The monoisotopic (exact) mass is 511 g/mol. The minimum absolute atomic E-state index is 0.00152. The summed E-state index contributed by atoms with van der Waals surface area (Å²) in [5.41, 5.74) is 2.28. The zero-order valence-corrected chi connectivity index (χ0v) is 21.3. The number of hydrogen-bond acceptors (Lipinski definition) is 5. The zero-order chi connectivity index (χ0) is 25.9. The van der Waals surface area contributed by atoms with E-state index in [1.807, 2.05) is 18.7 Å². The Morgan fingerprint density at radius 1 is 1.14 bits per heavy atom. The molecule has 0 unspecified atom stereocenters. The fourth-order valence-corrected chi connectivity index (χ4v) is 5.89. The Balaban J connectivity index is 1.73. The molecule has 1 aliphatic rings. The minimum Gasteiger partial charge on any atom is -0.597 e. The first-order valence-electron chi connectivity index (χ1n) is 11.2. The van der Waals surface area contributed by atoms with Crippen LogP contribution in [-0.4, -0.2) is 48.0 Å². The molecule has 3 heterocycles. The van der Waals surface area contributed by atoms with E-state index >= 15 is 0 Å². The smallest absolute Gasteiger partial charge is 0.412 e. The molecule has 0 amide bonds. The first kappa shape index (κ1) is 25.7. The van der Waals surface area contributed by atoms with Gasteiger partial charge in [-0.15, -0.1) is 9.40 Å². The third-order valence-electron chi connectivity index (χ3n) is 6.31. The zero-order valence-electron chi connectivity index (χ0n) is 20.5. The molecule has 0 fully saturated rings. The van der Waals surface area contributed by atoms with Crippen molar-refractivity contribution in [3.05, 3.63) is 53.7 Å². The molecular formula is C24H29F4N5OS. The standard InChI is InChI=1S/C24H29F4N5OS/c1-22(2,3)35(34)31(6)20(24(26,27)28)15-7-9-16(10-8-15)32-12-11-23(4,5)21-17(32)14-29-19-13-18(25)30-33(19)21/h7-10,13-14,20H,11-12H2,1-6H3/t20-,35+/m0/s1. The van der Waals surface area contributed by atoms with Crippen molar-refractivity contribution in [2.24, 2.45) is 0 Å². The van der Waals surface area contributed by atoms with E-state index in [0.29, 0.717) is 17.9 Å². The molecule has 1 aliphatic heterocycles. The molecule has 0 aliphatic carbocycles. The lowest BCUT2D eigenvalue weighted by Crippen LogP contribution is -2.46. The van der Waals surface area contributed by atoms with Crippen molar-refractivity contribution in [1.82, 2.24) is 18.9 Å². The lowest BCUT2D eigenvalue weighted by atomic mass is 9.81. The Labute approximate surface area is 205 Å². The van der Waals surface area contributed by atoms with Crippen LogP contribution in [-0.2, 0) is 16.8 Å². The van der Waals surface area contributed by atoms with Crippen LogP contribution >= 0.6 is 0 Å². The lowest BCUT2D eigenvalue weighted by Gasteiger charge is -2.40. The van der Waals surface area contributed by atoms with E-state index in [9.17, 15) is 22.1 Å². The summed E-state index contributed by atoms with van der Waals surface area (Å²) in [7, 11) is 1.23. The molecule has 0 saturated heterocycles. The number of aromatic nitrogens is 3. The maximum absolute atomic E-state index is 14.1. The Morgan fingerprint density at radius 3 is 2.34 bits per heavy atom. The average Bonchev–Trinajstić information content (AvgIpc) is 3.12. The molecule has 11 heteroatoms.